The smallest absolute Gasteiger partial charge is 0.390 e. The van der Waals surface area contributed by atoms with Crippen LogP contribution in [0.2, 0.25) is 0 Å². The summed E-state index contributed by atoms with van der Waals surface area (Å²) in [5.41, 5.74) is 5.44. The Kier molecular flexibility index (Phi) is 9.90. The number of anilines is 1. The van der Waals surface area contributed by atoms with Crippen LogP contribution >= 0.6 is 11.8 Å². The quantitative estimate of drug-likeness (QED) is 0.288. The number of carbonyl (C=O) groups is 3. The first-order chi connectivity index (χ1) is 19.5. The summed E-state index contributed by atoms with van der Waals surface area (Å²) in [6.07, 6.45) is -5.51. The van der Waals surface area contributed by atoms with Gasteiger partial charge in [0.1, 0.15) is 6.04 Å². The molecule has 0 fully saturated rings. The second kappa shape index (κ2) is 13.4. The summed E-state index contributed by atoms with van der Waals surface area (Å²) in [6, 6.07) is 15.6. The second-order valence-corrected chi connectivity index (χ2v) is 10.9. The average Bonchev–Trinajstić information content (AvgIpc) is 3.10. The Morgan fingerprint density at radius 2 is 1.83 bits per heavy atom. The first-order valence-corrected chi connectivity index (χ1v) is 14.1. The predicted octanol–water partition coefficient (Wildman–Crippen LogP) is 3.24. The monoisotopic (exact) mass is 588 g/mol. The summed E-state index contributed by atoms with van der Waals surface area (Å²) >= 11 is 1.28. The van der Waals surface area contributed by atoms with E-state index in [0.29, 0.717) is 10.6 Å². The molecule has 0 aliphatic carbocycles. The Labute approximate surface area is 239 Å². The highest BCUT2D eigenvalue weighted by Gasteiger charge is 2.33. The van der Waals surface area contributed by atoms with Gasteiger partial charge in [-0.05, 0) is 34.5 Å². The number of thioether (sulfide) groups is 1. The molecular weight excluding hydrogens is 557 g/mol. The van der Waals surface area contributed by atoms with Gasteiger partial charge in [0.2, 0.25) is 17.7 Å². The maximum Gasteiger partial charge on any atom is 0.416 e. The third-order valence-corrected chi connectivity index (χ3v) is 7.77. The number of benzene rings is 3. The van der Waals surface area contributed by atoms with Gasteiger partial charge in [0.15, 0.2) is 0 Å². The van der Waals surface area contributed by atoms with Crippen LogP contribution in [0.25, 0.3) is 10.8 Å². The third kappa shape index (κ3) is 7.99. The topological polar surface area (TPSA) is 125 Å². The molecule has 0 spiro atoms. The summed E-state index contributed by atoms with van der Waals surface area (Å²) < 4.78 is 40.1. The molecule has 8 nitrogen and oxygen atoms in total. The van der Waals surface area contributed by atoms with Gasteiger partial charge in [0.05, 0.1) is 17.4 Å². The molecule has 12 heteroatoms. The lowest BCUT2D eigenvalue weighted by Crippen LogP contribution is -2.50. The maximum absolute atomic E-state index is 13.4. The van der Waals surface area contributed by atoms with Gasteiger partial charge >= 0.3 is 6.18 Å². The number of aliphatic hydroxyl groups is 1. The molecule has 41 heavy (non-hydrogen) atoms. The minimum Gasteiger partial charge on any atom is -0.390 e. The highest BCUT2D eigenvalue weighted by Crippen LogP contribution is 2.39. The number of nitrogens with one attached hydrogen (secondary N) is 2. The van der Waals surface area contributed by atoms with Crippen LogP contribution in [-0.4, -0.2) is 60.4 Å². The van der Waals surface area contributed by atoms with Gasteiger partial charge in [-0.1, -0.05) is 42.5 Å². The van der Waals surface area contributed by atoms with Crippen molar-refractivity contribution in [1.29, 1.82) is 0 Å². The Morgan fingerprint density at radius 3 is 2.56 bits per heavy atom. The van der Waals surface area contributed by atoms with Gasteiger partial charge in [0, 0.05) is 49.5 Å². The number of nitrogens with two attached hydrogens (primary N) is 1. The van der Waals surface area contributed by atoms with E-state index in [9.17, 15) is 32.7 Å². The normalized spacial score (nSPS) is 15.1. The number of carbonyl (C=O) groups excluding carboxylic acids is 3. The molecule has 0 radical (unpaired) electrons. The van der Waals surface area contributed by atoms with Crippen molar-refractivity contribution in [2.45, 2.75) is 42.5 Å². The summed E-state index contributed by atoms with van der Waals surface area (Å²) in [7, 11) is 0. The van der Waals surface area contributed by atoms with Crippen LogP contribution in [0.15, 0.2) is 65.6 Å². The van der Waals surface area contributed by atoms with Crippen molar-refractivity contribution in [2.24, 2.45) is 5.73 Å². The summed E-state index contributed by atoms with van der Waals surface area (Å²) in [5, 5.41) is 17.0. The fraction of sp³-hybridized carbons (Fsp3) is 0.345. The molecule has 2 atom stereocenters. The molecular formula is C29H31F3N4O4S. The summed E-state index contributed by atoms with van der Waals surface area (Å²) in [4.78, 5) is 40.6. The molecule has 1 aliphatic rings. The minimum atomic E-state index is -4.58. The Hall–Kier alpha value is -3.61. The van der Waals surface area contributed by atoms with E-state index in [1.165, 1.54) is 22.7 Å². The van der Waals surface area contributed by atoms with Gasteiger partial charge < -0.3 is 26.4 Å². The molecule has 1 unspecified atom stereocenters. The van der Waals surface area contributed by atoms with Crippen molar-refractivity contribution in [3.63, 3.8) is 0 Å². The molecule has 1 aliphatic heterocycles. The molecule has 3 amide bonds. The van der Waals surface area contributed by atoms with Crippen LogP contribution < -0.4 is 21.3 Å². The van der Waals surface area contributed by atoms with E-state index in [-0.39, 0.29) is 50.5 Å². The number of nitrogens with zero attached hydrogens (tertiary/aromatic N) is 1. The molecule has 218 valence electrons. The summed E-state index contributed by atoms with van der Waals surface area (Å²) in [6.45, 7) is -0.310. The van der Waals surface area contributed by atoms with Gasteiger partial charge in [-0.25, -0.2) is 0 Å². The number of fused-ring (bicyclic) bond motifs is 2. The zero-order valence-electron chi connectivity index (χ0n) is 22.1. The summed E-state index contributed by atoms with van der Waals surface area (Å²) in [5.74, 6) is -1.06. The van der Waals surface area contributed by atoms with Gasteiger partial charge in [-0.2, -0.15) is 13.2 Å². The number of hydrogen-bond acceptors (Lipinski definition) is 6. The first kappa shape index (κ1) is 30.4. The van der Waals surface area contributed by atoms with Crippen molar-refractivity contribution < 1.29 is 32.7 Å². The molecule has 0 bridgehead atoms. The Morgan fingerprint density at radius 1 is 1.07 bits per heavy atom. The van der Waals surface area contributed by atoms with E-state index in [4.69, 9.17) is 5.73 Å². The number of halogens is 3. The third-order valence-electron chi connectivity index (χ3n) is 6.70. The fourth-order valence-corrected chi connectivity index (χ4v) is 5.48. The van der Waals surface area contributed by atoms with Crippen LogP contribution in [-0.2, 0) is 27.0 Å². The lowest BCUT2D eigenvalue weighted by molar-refractivity contribution is -0.137. The largest absolute Gasteiger partial charge is 0.416 e. The number of alkyl halides is 3. The molecule has 4 rings (SSSR count). The van der Waals surface area contributed by atoms with Crippen molar-refractivity contribution in [1.82, 2.24) is 10.6 Å². The SMILES string of the molecule is NC[C@@H](O)CNC(=O)C(Cc1ccc2ccccc2c1)NC(=O)CCN1C(=O)CCSc2ccc(C(F)(F)F)cc21. The van der Waals surface area contributed by atoms with Gasteiger partial charge in [-0.3, -0.25) is 14.4 Å². The molecule has 3 aromatic carbocycles. The van der Waals surface area contributed by atoms with Crippen molar-refractivity contribution >= 4 is 45.9 Å². The van der Waals surface area contributed by atoms with E-state index in [1.807, 2.05) is 42.5 Å². The fourth-order valence-electron chi connectivity index (χ4n) is 4.50. The van der Waals surface area contributed by atoms with Crippen LogP contribution in [0.5, 0.6) is 0 Å². The number of rotatable bonds is 10. The molecule has 0 aromatic heterocycles. The van der Waals surface area contributed by atoms with Crippen LogP contribution in [0.4, 0.5) is 18.9 Å². The lowest BCUT2D eigenvalue weighted by atomic mass is 10.0. The Bertz CT molecular complexity index is 1420. The molecule has 0 saturated heterocycles. The van der Waals surface area contributed by atoms with E-state index >= 15 is 0 Å². The molecule has 3 aromatic rings. The minimum absolute atomic E-state index is 0.0539. The van der Waals surface area contributed by atoms with Crippen molar-refractivity contribution in [2.75, 3.05) is 30.3 Å². The maximum atomic E-state index is 13.4. The van der Waals surface area contributed by atoms with E-state index in [1.54, 1.807) is 0 Å². The van der Waals surface area contributed by atoms with E-state index < -0.39 is 35.7 Å². The molecule has 0 saturated carbocycles. The van der Waals surface area contributed by atoms with Gasteiger partial charge in [0.25, 0.3) is 0 Å². The first-order valence-electron chi connectivity index (χ1n) is 13.1. The predicted molar refractivity (Wildman–Crippen MR) is 151 cm³/mol. The van der Waals surface area contributed by atoms with Gasteiger partial charge in [-0.15, -0.1) is 11.8 Å². The Balaban J connectivity index is 1.49. The van der Waals surface area contributed by atoms with Crippen LogP contribution in [0, 0.1) is 0 Å². The van der Waals surface area contributed by atoms with Crippen LogP contribution in [0.1, 0.15) is 24.0 Å². The number of amides is 3. The highest BCUT2D eigenvalue weighted by atomic mass is 32.2. The lowest BCUT2D eigenvalue weighted by Gasteiger charge is -2.24. The zero-order chi connectivity index (χ0) is 29.6. The average molecular weight is 589 g/mol. The zero-order valence-corrected chi connectivity index (χ0v) is 22.9. The second-order valence-electron chi connectivity index (χ2n) is 9.71. The molecule has 1 heterocycles. The van der Waals surface area contributed by atoms with Crippen molar-refractivity contribution in [3.05, 3.63) is 71.8 Å². The van der Waals surface area contributed by atoms with Crippen LogP contribution in [0.3, 0.4) is 0 Å². The standard InChI is InChI=1S/C29H31F3N4O4S/c30-29(31,32)21-7-8-25-24(15-21)36(27(39)10-12-41-25)11-9-26(38)35-23(28(40)34-17-22(37)16-33)14-18-5-6-19-3-1-2-4-20(19)13-18/h1-8,13,15,22-23,37H,9-12,14,16-17,33H2,(H,34,40)(H,35,38)/t22-,23?/m1/s1. The van der Waals surface area contributed by atoms with E-state index in [2.05, 4.69) is 10.6 Å². The molecule has 5 N–H and O–H groups in total. The number of hydrogen-bond donors (Lipinski definition) is 4. The highest BCUT2D eigenvalue weighted by molar-refractivity contribution is 7.99. The number of aliphatic hydroxyl groups excluding tert-OH is 1. The van der Waals surface area contributed by atoms with Crippen molar-refractivity contribution in [3.8, 4) is 0 Å². The van der Waals surface area contributed by atoms with E-state index in [0.717, 1.165) is 28.5 Å².